The van der Waals surface area contributed by atoms with E-state index in [1.54, 1.807) is 11.8 Å². The number of carbonyl (C=O) groups is 1. The van der Waals surface area contributed by atoms with Crippen LogP contribution in [-0.4, -0.2) is 34.2 Å². The van der Waals surface area contributed by atoms with Crippen molar-refractivity contribution in [2.75, 3.05) is 6.54 Å². The summed E-state index contributed by atoms with van der Waals surface area (Å²) in [7, 11) is 0. The number of aryl methyl sites for hydroxylation is 1. The topological polar surface area (TPSA) is 83.9 Å². The second-order valence-corrected chi connectivity index (χ2v) is 5.61. The van der Waals surface area contributed by atoms with Gasteiger partial charge in [0.25, 0.3) is 0 Å². The number of likely N-dealkylation sites (tertiary alicyclic amines) is 1. The number of piperidine rings is 1. The zero-order chi connectivity index (χ0) is 15.6. The quantitative estimate of drug-likeness (QED) is 0.896. The van der Waals surface area contributed by atoms with Crippen molar-refractivity contribution in [3.05, 3.63) is 22.1 Å². The summed E-state index contributed by atoms with van der Waals surface area (Å²) in [5.74, 6) is -1.24. The van der Waals surface area contributed by atoms with E-state index in [1.165, 1.54) is 0 Å². The van der Waals surface area contributed by atoms with Crippen molar-refractivity contribution >= 4 is 5.97 Å². The van der Waals surface area contributed by atoms with Gasteiger partial charge in [-0.2, -0.15) is 0 Å². The molecular weight excluding hydrogens is 281 g/mol. The first kappa shape index (κ1) is 15.8. The molecule has 1 fully saturated rings. The third kappa shape index (κ3) is 3.53. The summed E-state index contributed by atoms with van der Waals surface area (Å²) in [5, 5.41) is 9.34. The Morgan fingerprint density at radius 3 is 2.76 bits per heavy atom. The van der Waals surface area contributed by atoms with Crippen LogP contribution >= 0.6 is 0 Å². The highest BCUT2D eigenvalue weighted by atomic mass is 19.1. The molecule has 0 bridgehead atoms. The minimum atomic E-state index is -1.43. The predicted octanol–water partition coefficient (Wildman–Crippen LogP) is 2.10. The van der Waals surface area contributed by atoms with Crippen LogP contribution in [0.3, 0.4) is 0 Å². The summed E-state index contributed by atoms with van der Waals surface area (Å²) in [5.41, 5.74) is -1.43. The first-order valence-electron chi connectivity index (χ1n) is 7.10. The van der Waals surface area contributed by atoms with Crippen LogP contribution in [0, 0.1) is 6.92 Å². The maximum Gasteiger partial charge on any atom is 0.519 e. The molecule has 118 valence electrons. The van der Waals surface area contributed by atoms with Crippen LogP contribution in [0.25, 0.3) is 0 Å². The highest BCUT2D eigenvalue weighted by molar-refractivity contribution is 5.73. The molecule has 2 rings (SSSR count). The molecule has 1 aliphatic heterocycles. The molecule has 1 saturated heterocycles. The SMILES string of the molecule is CCCC1(F)CCN(Cc2oc(=O)oc2C)C(C(=O)O)C1. The third-order valence-corrected chi connectivity index (χ3v) is 4.01. The zero-order valence-corrected chi connectivity index (χ0v) is 12.2. The number of hydrogen-bond acceptors (Lipinski definition) is 5. The van der Waals surface area contributed by atoms with E-state index in [-0.39, 0.29) is 19.4 Å². The smallest absolute Gasteiger partial charge is 0.480 e. The molecule has 2 unspecified atom stereocenters. The molecule has 1 aromatic rings. The minimum Gasteiger partial charge on any atom is -0.480 e. The van der Waals surface area contributed by atoms with Crippen LogP contribution in [0.5, 0.6) is 0 Å². The van der Waals surface area contributed by atoms with Gasteiger partial charge in [0.15, 0.2) is 5.76 Å². The van der Waals surface area contributed by atoms with Crippen molar-refractivity contribution in [1.29, 1.82) is 0 Å². The molecule has 2 atom stereocenters. The number of halogens is 1. The van der Waals surface area contributed by atoms with E-state index in [0.717, 1.165) is 0 Å². The largest absolute Gasteiger partial charge is 0.519 e. The van der Waals surface area contributed by atoms with Gasteiger partial charge in [-0.1, -0.05) is 13.3 Å². The summed E-state index contributed by atoms with van der Waals surface area (Å²) >= 11 is 0. The molecule has 21 heavy (non-hydrogen) atoms. The van der Waals surface area contributed by atoms with Gasteiger partial charge in [-0.3, -0.25) is 9.69 Å². The van der Waals surface area contributed by atoms with E-state index in [0.29, 0.717) is 30.9 Å². The lowest BCUT2D eigenvalue weighted by Gasteiger charge is -2.40. The number of alkyl halides is 1. The Bertz CT molecular complexity index is 566. The van der Waals surface area contributed by atoms with Crippen molar-refractivity contribution in [2.45, 2.75) is 57.8 Å². The Kier molecular flexibility index (Phi) is 4.51. The van der Waals surface area contributed by atoms with Crippen molar-refractivity contribution in [2.24, 2.45) is 0 Å². The average Bonchev–Trinajstić information content (AvgIpc) is 2.70. The van der Waals surface area contributed by atoms with E-state index in [1.807, 2.05) is 6.92 Å². The summed E-state index contributed by atoms with van der Waals surface area (Å²) in [4.78, 5) is 24.1. The minimum absolute atomic E-state index is 0.0443. The molecule has 7 heteroatoms. The van der Waals surface area contributed by atoms with E-state index < -0.39 is 23.5 Å². The Morgan fingerprint density at radius 1 is 1.52 bits per heavy atom. The molecule has 0 spiro atoms. The Labute approximate surface area is 121 Å². The summed E-state index contributed by atoms with van der Waals surface area (Å²) in [6.07, 6.45) is 1.28. The lowest BCUT2D eigenvalue weighted by molar-refractivity contribution is -0.148. The molecule has 0 aromatic carbocycles. The molecule has 1 N–H and O–H groups in total. The number of rotatable bonds is 5. The van der Waals surface area contributed by atoms with E-state index in [4.69, 9.17) is 8.83 Å². The number of carboxylic acid groups (broad SMARTS) is 1. The average molecular weight is 301 g/mol. The van der Waals surface area contributed by atoms with E-state index in [2.05, 4.69) is 0 Å². The summed E-state index contributed by atoms with van der Waals surface area (Å²) in [6, 6.07) is -0.921. The van der Waals surface area contributed by atoms with Gasteiger partial charge in [0.1, 0.15) is 17.5 Å². The monoisotopic (exact) mass is 301 g/mol. The summed E-state index contributed by atoms with van der Waals surface area (Å²) < 4.78 is 24.3. The normalized spacial score (nSPS) is 26.9. The fourth-order valence-corrected chi connectivity index (χ4v) is 2.89. The van der Waals surface area contributed by atoms with Gasteiger partial charge in [0, 0.05) is 13.0 Å². The van der Waals surface area contributed by atoms with E-state index in [9.17, 15) is 19.1 Å². The number of carboxylic acids is 1. The van der Waals surface area contributed by atoms with Gasteiger partial charge in [-0.15, -0.1) is 0 Å². The van der Waals surface area contributed by atoms with Crippen molar-refractivity contribution in [3.8, 4) is 0 Å². The summed E-state index contributed by atoms with van der Waals surface area (Å²) in [6.45, 7) is 3.90. The number of hydrogen-bond donors (Lipinski definition) is 1. The molecular formula is C14H20FNO5. The molecule has 0 amide bonds. The van der Waals surface area contributed by atoms with Gasteiger partial charge in [0.05, 0.1) is 6.54 Å². The highest BCUT2D eigenvalue weighted by Gasteiger charge is 2.43. The molecule has 0 radical (unpaired) electrons. The Hall–Kier alpha value is -1.63. The van der Waals surface area contributed by atoms with Crippen LogP contribution < -0.4 is 5.82 Å². The van der Waals surface area contributed by atoms with Crippen LogP contribution in [-0.2, 0) is 11.3 Å². The molecule has 0 aliphatic carbocycles. The maximum absolute atomic E-state index is 14.6. The molecule has 1 aromatic heterocycles. The van der Waals surface area contributed by atoms with Crippen LogP contribution in [0.15, 0.2) is 13.6 Å². The zero-order valence-electron chi connectivity index (χ0n) is 12.2. The number of nitrogens with zero attached hydrogens (tertiary/aromatic N) is 1. The van der Waals surface area contributed by atoms with Crippen molar-refractivity contribution in [1.82, 2.24) is 4.90 Å². The molecule has 2 heterocycles. The van der Waals surface area contributed by atoms with Crippen molar-refractivity contribution in [3.63, 3.8) is 0 Å². The fraction of sp³-hybridized carbons (Fsp3) is 0.714. The second kappa shape index (κ2) is 6.01. The van der Waals surface area contributed by atoms with Crippen LogP contribution in [0.2, 0.25) is 0 Å². The Morgan fingerprint density at radius 2 is 2.24 bits per heavy atom. The highest BCUT2D eigenvalue weighted by Crippen LogP contribution is 2.35. The standard InChI is InChI=1S/C14H20FNO5/c1-3-4-14(15)5-6-16(10(7-14)12(17)18)8-11-9(2)20-13(19)21-11/h10H,3-8H2,1-2H3,(H,17,18). The molecule has 0 saturated carbocycles. The second-order valence-electron chi connectivity index (χ2n) is 5.61. The van der Waals surface area contributed by atoms with Gasteiger partial charge in [0.2, 0.25) is 0 Å². The molecule has 6 nitrogen and oxygen atoms in total. The number of aliphatic carboxylic acids is 1. The lowest BCUT2D eigenvalue weighted by Crippen LogP contribution is -2.51. The van der Waals surface area contributed by atoms with E-state index >= 15 is 0 Å². The fourth-order valence-electron chi connectivity index (χ4n) is 2.89. The van der Waals surface area contributed by atoms with Gasteiger partial charge in [-0.05, 0) is 19.8 Å². The van der Waals surface area contributed by atoms with Gasteiger partial charge >= 0.3 is 11.8 Å². The first-order chi connectivity index (χ1) is 9.84. The first-order valence-corrected chi connectivity index (χ1v) is 7.10. The van der Waals surface area contributed by atoms with Gasteiger partial charge in [-0.25, -0.2) is 9.18 Å². The lowest BCUT2D eigenvalue weighted by atomic mass is 9.84. The van der Waals surface area contributed by atoms with Crippen LogP contribution in [0.1, 0.15) is 44.1 Å². The van der Waals surface area contributed by atoms with Crippen molar-refractivity contribution < 1.29 is 23.1 Å². The Balaban J connectivity index is 2.14. The molecule has 1 aliphatic rings. The van der Waals surface area contributed by atoms with Gasteiger partial charge < -0.3 is 13.9 Å². The maximum atomic E-state index is 14.6. The third-order valence-electron chi connectivity index (χ3n) is 4.01. The predicted molar refractivity (Wildman–Crippen MR) is 71.8 cm³/mol. The van der Waals surface area contributed by atoms with Crippen LogP contribution in [0.4, 0.5) is 4.39 Å².